The SMILES string of the molecule is c1cc(-c2csc(C3CCN(CCn4cnnn4)CC3)n2)ccn1. The summed E-state index contributed by atoms with van der Waals surface area (Å²) in [6.07, 6.45) is 7.63. The van der Waals surface area contributed by atoms with Gasteiger partial charge in [-0.15, -0.1) is 16.4 Å². The highest BCUT2D eigenvalue weighted by Gasteiger charge is 2.23. The number of rotatable bonds is 5. The van der Waals surface area contributed by atoms with Crippen molar-refractivity contribution < 1.29 is 0 Å². The number of tetrazole rings is 1. The molecular weight excluding hydrogens is 322 g/mol. The van der Waals surface area contributed by atoms with E-state index in [1.165, 1.54) is 17.8 Å². The zero-order valence-electron chi connectivity index (χ0n) is 13.3. The van der Waals surface area contributed by atoms with E-state index in [-0.39, 0.29) is 0 Å². The normalized spacial score (nSPS) is 16.5. The third-order valence-corrected chi connectivity index (χ3v) is 5.48. The molecule has 0 spiro atoms. The first kappa shape index (κ1) is 15.3. The molecule has 0 bridgehead atoms. The summed E-state index contributed by atoms with van der Waals surface area (Å²) in [6, 6.07) is 4.03. The van der Waals surface area contributed by atoms with Gasteiger partial charge in [-0.25, -0.2) is 9.67 Å². The van der Waals surface area contributed by atoms with Crippen LogP contribution in [0.4, 0.5) is 0 Å². The molecule has 1 fully saturated rings. The molecule has 8 heteroatoms. The van der Waals surface area contributed by atoms with Gasteiger partial charge in [0.05, 0.1) is 17.2 Å². The minimum Gasteiger partial charge on any atom is -0.301 e. The molecule has 0 unspecified atom stereocenters. The molecule has 4 heterocycles. The first-order valence-corrected chi connectivity index (χ1v) is 9.05. The summed E-state index contributed by atoms with van der Waals surface area (Å²) in [5.74, 6) is 0.579. The summed E-state index contributed by atoms with van der Waals surface area (Å²) >= 11 is 1.78. The minimum atomic E-state index is 0.579. The molecule has 124 valence electrons. The van der Waals surface area contributed by atoms with Gasteiger partial charge in [0.15, 0.2) is 0 Å². The summed E-state index contributed by atoms with van der Waals surface area (Å²) in [5, 5.41) is 14.7. The van der Waals surface area contributed by atoms with Gasteiger partial charge in [-0.2, -0.15) is 0 Å². The van der Waals surface area contributed by atoms with Gasteiger partial charge in [-0.05, 0) is 48.5 Å². The maximum atomic E-state index is 4.86. The van der Waals surface area contributed by atoms with Crippen molar-refractivity contribution in [2.24, 2.45) is 0 Å². The third-order valence-electron chi connectivity index (χ3n) is 4.47. The van der Waals surface area contributed by atoms with Crippen molar-refractivity contribution in [2.75, 3.05) is 19.6 Å². The summed E-state index contributed by atoms with van der Waals surface area (Å²) in [6.45, 7) is 4.06. The van der Waals surface area contributed by atoms with Gasteiger partial charge in [0.25, 0.3) is 0 Å². The number of aromatic nitrogens is 6. The fraction of sp³-hybridized carbons (Fsp3) is 0.438. The number of thiazole rings is 1. The van der Waals surface area contributed by atoms with Gasteiger partial charge in [0, 0.05) is 35.8 Å². The van der Waals surface area contributed by atoms with Crippen LogP contribution in [0, 0.1) is 0 Å². The van der Waals surface area contributed by atoms with E-state index in [1.54, 1.807) is 22.3 Å². The van der Waals surface area contributed by atoms with Crippen LogP contribution >= 0.6 is 11.3 Å². The minimum absolute atomic E-state index is 0.579. The zero-order chi connectivity index (χ0) is 16.2. The first-order valence-electron chi connectivity index (χ1n) is 8.17. The van der Waals surface area contributed by atoms with E-state index >= 15 is 0 Å². The molecule has 0 amide bonds. The van der Waals surface area contributed by atoms with Gasteiger partial charge in [0.2, 0.25) is 0 Å². The molecule has 0 N–H and O–H groups in total. The molecule has 24 heavy (non-hydrogen) atoms. The number of pyridine rings is 1. The molecule has 1 saturated heterocycles. The van der Waals surface area contributed by atoms with E-state index in [4.69, 9.17) is 4.98 Å². The Hall–Kier alpha value is -2.19. The van der Waals surface area contributed by atoms with Crippen LogP contribution in [0.25, 0.3) is 11.3 Å². The summed E-state index contributed by atoms with van der Waals surface area (Å²) in [4.78, 5) is 11.4. The molecule has 0 aromatic carbocycles. The highest BCUT2D eigenvalue weighted by Crippen LogP contribution is 2.32. The maximum absolute atomic E-state index is 4.86. The summed E-state index contributed by atoms with van der Waals surface area (Å²) < 4.78 is 1.79. The average Bonchev–Trinajstić information content (AvgIpc) is 3.33. The van der Waals surface area contributed by atoms with E-state index in [9.17, 15) is 0 Å². The predicted molar refractivity (Wildman–Crippen MR) is 91.6 cm³/mol. The predicted octanol–water partition coefficient (Wildman–Crippen LogP) is 2.07. The van der Waals surface area contributed by atoms with Crippen molar-refractivity contribution >= 4 is 11.3 Å². The lowest BCUT2D eigenvalue weighted by Gasteiger charge is -2.30. The van der Waals surface area contributed by atoms with Crippen LogP contribution in [0.5, 0.6) is 0 Å². The second-order valence-corrected chi connectivity index (χ2v) is 6.89. The molecule has 0 saturated carbocycles. The lowest BCUT2D eigenvalue weighted by atomic mass is 9.97. The molecule has 0 atom stereocenters. The molecule has 3 aromatic rings. The molecule has 4 rings (SSSR count). The Morgan fingerprint density at radius 2 is 1.96 bits per heavy atom. The second-order valence-electron chi connectivity index (χ2n) is 6.00. The Bertz CT molecular complexity index is 748. The van der Waals surface area contributed by atoms with Crippen LogP contribution < -0.4 is 0 Å². The van der Waals surface area contributed by atoms with Gasteiger partial charge in [-0.1, -0.05) is 0 Å². The highest BCUT2D eigenvalue weighted by molar-refractivity contribution is 7.10. The fourth-order valence-electron chi connectivity index (χ4n) is 3.06. The van der Waals surface area contributed by atoms with Gasteiger partial charge >= 0.3 is 0 Å². The standard InChI is InChI=1S/C16H19N7S/c1-5-17-6-2-13(1)15-11-24-16(19-15)14-3-7-22(8-4-14)9-10-23-12-18-20-21-23/h1-2,5-6,11-12,14H,3-4,7-10H2. The monoisotopic (exact) mass is 341 g/mol. The molecular formula is C16H19N7S. The maximum Gasteiger partial charge on any atom is 0.138 e. The number of likely N-dealkylation sites (tertiary alicyclic amines) is 1. The summed E-state index contributed by atoms with van der Waals surface area (Å²) in [5.41, 5.74) is 2.21. The molecule has 3 aromatic heterocycles. The van der Waals surface area contributed by atoms with Crippen molar-refractivity contribution in [3.05, 3.63) is 41.2 Å². The van der Waals surface area contributed by atoms with Gasteiger partial charge < -0.3 is 4.90 Å². The fourth-order valence-corrected chi connectivity index (χ4v) is 4.06. The van der Waals surface area contributed by atoms with Crippen molar-refractivity contribution in [1.82, 2.24) is 35.1 Å². The number of hydrogen-bond donors (Lipinski definition) is 0. The Balaban J connectivity index is 1.32. The second kappa shape index (κ2) is 7.14. The molecule has 0 aliphatic carbocycles. The smallest absolute Gasteiger partial charge is 0.138 e. The van der Waals surface area contributed by atoms with Crippen LogP contribution in [-0.4, -0.2) is 54.7 Å². The average molecular weight is 341 g/mol. The van der Waals surface area contributed by atoms with Crippen LogP contribution in [0.3, 0.4) is 0 Å². The largest absolute Gasteiger partial charge is 0.301 e. The third kappa shape index (κ3) is 3.49. The Kier molecular flexibility index (Phi) is 4.57. The van der Waals surface area contributed by atoms with E-state index < -0.39 is 0 Å². The van der Waals surface area contributed by atoms with Crippen LogP contribution in [0.1, 0.15) is 23.8 Å². The lowest BCUT2D eigenvalue weighted by Crippen LogP contribution is -2.35. The van der Waals surface area contributed by atoms with Crippen LogP contribution in [-0.2, 0) is 6.54 Å². The van der Waals surface area contributed by atoms with Crippen molar-refractivity contribution in [1.29, 1.82) is 0 Å². The van der Waals surface area contributed by atoms with Crippen molar-refractivity contribution in [2.45, 2.75) is 25.3 Å². The topological polar surface area (TPSA) is 72.6 Å². The molecule has 1 aliphatic heterocycles. The number of nitrogens with zero attached hydrogens (tertiary/aromatic N) is 7. The molecule has 1 aliphatic rings. The van der Waals surface area contributed by atoms with E-state index in [1.807, 2.05) is 24.5 Å². The van der Waals surface area contributed by atoms with Crippen molar-refractivity contribution in [3.8, 4) is 11.3 Å². The van der Waals surface area contributed by atoms with Crippen LogP contribution in [0.15, 0.2) is 36.2 Å². The number of hydrogen-bond acceptors (Lipinski definition) is 7. The van der Waals surface area contributed by atoms with Crippen LogP contribution in [0.2, 0.25) is 0 Å². The summed E-state index contributed by atoms with van der Waals surface area (Å²) in [7, 11) is 0. The van der Waals surface area contributed by atoms with E-state index in [0.717, 1.165) is 37.4 Å². The lowest BCUT2D eigenvalue weighted by molar-refractivity contribution is 0.202. The van der Waals surface area contributed by atoms with Crippen molar-refractivity contribution in [3.63, 3.8) is 0 Å². The Morgan fingerprint density at radius 3 is 2.71 bits per heavy atom. The Morgan fingerprint density at radius 1 is 1.12 bits per heavy atom. The highest BCUT2D eigenvalue weighted by atomic mass is 32.1. The zero-order valence-corrected chi connectivity index (χ0v) is 14.1. The van der Waals surface area contributed by atoms with E-state index in [0.29, 0.717) is 5.92 Å². The molecule has 0 radical (unpaired) electrons. The quantitative estimate of drug-likeness (QED) is 0.707. The first-order chi connectivity index (χ1) is 11.9. The number of piperidine rings is 1. The van der Waals surface area contributed by atoms with Gasteiger partial charge in [0.1, 0.15) is 6.33 Å². The van der Waals surface area contributed by atoms with Gasteiger partial charge in [-0.3, -0.25) is 4.98 Å². The molecule has 7 nitrogen and oxygen atoms in total. The Labute approximate surface area is 144 Å². The van der Waals surface area contributed by atoms with E-state index in [2.05, 4.69) is 30.8 Å².